The molecular weight excluding hydrogens is 884 g/mol. The lowest BCUT2D eigenvalue weighted by atomic mass is 9.76. The van der Waals surface area contributed by atoms with Crippen molar-refractivity contribution in [2.75, 3.05) is 39.0 Å². The average molecular weight is 945 g/mol. The normalized spacial score (nSPS) is 12.6. The van der Waals surface area contributed by atoms with Crippen molar-refractivity contribution in [3.8, 4) is 11.5 Å². The molecule has 2 heterocycles. The number of anilines is 1. The molecule has 0 spiro atoms. The van der Waals surface area contributed by atoms with E-state index in [4.69, 9.17) is 38.2 Å². The summed E-state index contributed by atoms with van der Waals surface area (Å²) in [5.41, 5.74) is 5.58. The molecule has 0 saturated carbocycles. The predicted octanol–water partition coefficient (Wildman–Crippen LogP) is 11.8. The van der Waals surface area contributed by atoms with Gasteiger partial charge in [0.2, 0.25) is 0 Å². The van der Waals surface area contributed by atoms with Crippen molar-refractivity contribution in [3.05, 3.63) is 216 Å². The Bertz CT molecular complexity index is 2790. The van der Waals surface area contributed by atoms with Crippen molar-refractivity contribution in [3.63, 3.8) is 0 Å². The van der Waals surface area contributed by atoms with Crippen LogP contribution in [0.25, 0.3) is 11.2 Å². The maximum atomic E-state index is 13.9. The van der Waals surface area contributed by atoms with Crippen LogP contribution in [0.3, 0.4) is 0 Å². The van der Waals surface area contributed by atoms with Gasteiger partial charge in [-0.3, -0.25) is 9.88 Å². The molecule has 356 valence electrons. The highest BCUT2D eigenvalue weighted by Crippen LogP contribution is 2.50. The Morgan fingerprint density at radius 1 is 0.565 bits per heavy atom. The van der Waals surface area contributed by atoms with Crippen LogP contribution in [0, 0.1) is 0 Å². The molecule has 8 aromatic rings. The van der Waals surface area contributed by atoms with Crippen LogP contribution in [0.1, 0.15) is 73.5 Å². The molecule has 8 rings (SSSR count). The van der Waals surface area contributed by atoms with Gasteiger partial charge >= 0.3 is 7.60 Å². The second-order valence-corrected chi connectivity index (χ2v) is 19.3. The summed E-state index contributed by atoms with van der Waals surface area (Å²) in [6, 6.07) is 57.6. The Morgan fingerprint density at radius 3 is 1.45 bits per heavy atom. The molecule has 13 heteroatoms. The van der Waals surface area contributed by atoms with Crippen LogP contribution in [0.5, 0.6) is 11.5 Å². The summed E-state index contributed by atoms with van der Waals surface area (Å²) in [6.45, 7) is 7.99. The van der Waals surface area contributed by atoms with E-state index in [1.807, 2.05) is 107 Å². The van der Waals surface area contributed by atoms with E-state index in [0.29, 0.717) is 29.9 Å². The topological polar surface area (TPSA) is 131 Å². The lowest BCUT2D eigenvalue weighted by Gasteiger charge is -2.38. The van der Waals surface area contributed by atoms with E-state index in [9.17, 15) is 4.57 Å². The second-order valence-electron chi connectivity index (χ2n) is 17.4. The number of ether oxygens (including phenoxy) is 3. The van der Waals surface area contributed by atoms with Gasteiger partial charge in [0.1, 0.15) is 35.2 Å². The van der Waals surface area contributed by atoms with Gasteiger partial charge in [0.15, 0.2) is 11.5 Å². The molecule has 0 aliphatic carbocycles. The van der Waals surface area contributed by atoms with Crippen molar-refractivity contribution < 1.29 is 27.8 Å². The molecule has 0 saturated heterocycles. The highest BCUT2D eigenvalue weighted by atomic mass is 31.2. The largest absolute Gasteiger partial charge is 0.497 e. The van der Waals surface area contributed by atoms with Gasteiger partial charge in [-0.2, -0.15) is 0 Å². The maximum Gasteiger partial charge on any atom is 0.356 e. The number of nitrogens with zero attached hydrogens (tertiary/aromatic N) is 4. The summed E-state index contributed by atoms with van der Waals surface area (Å²) < 4.78 is 45.2. The van der Waals surface area contributed by atoms with Gasteiger partial charge in [-0.05, 0) is 91.8 Å². The van der Waals surface area contributed by atoms with Gasteiger partial charge in [0.05, 0.1) is 44.3 Å². The van der Waals surface area contributed by atoms with Gasteiger partial charge in [-0.1, -0.05) is 146 Å². The van der Waals surface area contributed by atoms with Crippen LogP contribution in [0.4, 0.5) is 5.82 Å². The molecule has 0 aliphatic rings. The number of nitrogens with one attached hydrogen (secondary N) is 2. The minimum Gasteiger partial charge on any atom is -0.497 e. The number of hydrogen-bond donors (Lipinski definition) is 2. The van der Waals surface area contributed by atoms with Gasteiger partial charge in [0.25, 0.3) is 0 Å². The SMILES string of the molecule is COc1ccc(C(NCC(CCOCP(=O)(OC(C)C)OC(C)C)n2cnc3c(NC(c4ccccc4)(c4ccccc4)c4ccc(OC)cc4)ncnc32)(c2ccccc2)c2ccccc2)cc1. The average Bonchev–Trinajstić information content (AvgIpc) is 3.82. The van der Waals surface area contributed by atoms with E-state index in [1.54, 1.807) is 20.5 Å². The van der Waals surface area contributed by atoms with Crippen LogP contribution in [0.2, 0.25) is 0 Å². The summed E-state index contributed by atoms with van der Waals surface area (Å²) >= 11 is 0. The van der Waals surface area contributed by atoms with Crippen molar-refractivity contribution >= 4 is 24.6 Å². The minimum absolute atomic E-state index is 0.194. The maximum absolute atomic E-state index is 13.9. The molecule has 2 aromatic heterocycles. The first-order valence-corrected chi connectivity index (χ1v) is 25.1. The van der Waals surface area contributed by atoms with E-state index >= 15 is 0 Å². The third-order valence-electron chi connectivity index (χ3n) is 12.1. The summed E-state index contributed by atoms with van der Waals surface area (Å²) in [6.07, 6.45) is 3.05. The number of imidazole rings is 1. The van der Waals surface area contributed by atoms with Gasteiger partial charge in [-0.15, -0.1) is 0 Å². The Labute approximate surface area is 405 Å². The minimum atomic E-state index is -3.57. The zero-order valence-electron chi connectivity index (χ0n) is 40.1. The second kappa shape index (κ2) is 22.2. The van der Waals surface area contributed by atoms with Crippen molar-refractivity contribution in [2.45, 2.75) is 63.4 Å². The van der Waals surface area contributed by atoms with Crippen molar-refractivity contribution in [1.29, 1.82) is 0 Å². The fourth-order valence-electron chi connectivity index (χ4n) is 9.08. The smallest absolute Gasteiger partial charge is 0.356 e. The molecule has 2 N–H and O–H groups in total. The van der Waals surface area contributed by atoms with E-state index in [-0.39, 0.29) is 31.2 Å². The monoisotopic (exact) mass is 944 g/mol. The molecule has 1 unspecified atom stereocenters. The predicted molar refractivity (Wildman–Crippen MR) is 273 cm³/mol. The quantitative estimate of drug-likeness (QED) is 0.0361. The van der Waals surface area contributed by atoms with Gasteiger partial charge < -0.3 is 33.1 Å². The lowest BCUT2D eigenvalue weighted by Crippen LogP contribution is -2.47. The summed E-state index contributed by atoms with van der Waals surface area (Å²) in [5, 5.41) is 8.02. The third kappa shape index (κ3) is 10.8. The summed E-state index contributed by atoms with van der Waals surface area (Å²) in [5.74, 6) is 2.05. The number of aromatic nitrogens is 4. The number of rotatable bonds is 23. The number of benzene rings is 6. The van der Waals surface area contributed by atoms with Gasteiger partial charge in [0, 0.05) is 13.2 Å². The van der Waals surface area contributed by atoms with Crippen molar-refractivity contribution in [2.24, 2.45) is 0 Å². The Balaban J connectivity index is 1.24. The fourth-order valence-corrected chi connectivity index (χ4v) is 10.9. The van der Waals surface area contributed by atoms with Crippen LogP contribution >= 0.6 is 7.60 Å². The first-order chi connectivity index (χ1) is 33.6. The van der Waals surface area contributed by atoms with E-state index < -0.39 is 18.7 Å². The first-order valence-electron chi connectivity index (χ1n) is 23.3. The fraction of sp³-hybridized carbons (Fsp3) is 0.268. The van der Waals surface area contributed by atoms with Crippen LogP contribution in [-0.2, 0) is 29.4 Å². The summed E-state index contributed by atoms with van der Waals surface area (Å²) in [7, 11) is -0.230. The lowest BCUT2D eigenvalue weighted by molar-refractivity contribution is 0.0937. The first kappa shape index (κ1) is 48.8. The standard InChI is InChI=1S/C56H61N6O6P/c1-41(2)67-69(63,68-42(3)4)40-66-36-35-49(37-60-55(43-19-11-7-12-20-43,44-21-13-8-14-22-44)47-27-31-50(64-5)32-28-47)62-39-59-52-53(57-38-58-54(52)62)61-56(45-23-15-9-16-24-45,46-25-17-10-18-26-46)48-29-33-51(65-6)34-30-48/h7-34,38-39,41-42,49,60H,35-37,40H2,1-6H3,(H,57,58,61). The third-order valence-corrected chi connectivity index (χ3v) is 14.1. The molecule has 0 fully saturated rings. The van der Waals surface area contributed by atoms with Crippen LogP contribution in [0.15, 0.2) is 183 Å². The molecule has 0 amide bonds. The number of hydrogen-bond acceptors (Lipinski definition) is 11. The van der Waals surface area contributed by atoms with Crippen molar-refractivity contribution in [1.82, 2.24) is 24.8 Å². The Kier molecular flexibility index (Phi) is 15.7. The zero-order valence-corrected chi connectivity index (χ0v) is 41.0. The Hall–Kier alpha value is -6.66. The molecule has 6 aromatic carbocycles. The molecule has 1 atom stereocenters. The van der Waals surface area contributed by atoms with E-state index in [2.05, 4.69) is 112 Å². The highest BCUT2D eigenvalue weighted by Gasteiger charge is 2.39. The zero-order chi connectivity index (χ0) is 48.3. The van der Waals surface area contributed by atoms with E-state index in [1.165, 1.54) is 0 Å². The highest BCUT2D eigenvalue weighted by molar-refractivity contribution is 7.53. The molecule has 12 nitrogen and oxygen atoms in total. The molecule has 0 radical (unpaired) electrons. The number of fused-ring (bicyclic) bond motifs is 1. The summed E-state index contributed by atoms with van der Waals surface area (Å²) in [4.78, 5) is 14.9. The van der Waals surface area contributed by atoms with Crippen LogP contribution in [-0.4, -0.2) is 65.4 Å². The Morgan fingerprint density at radius 2 is 1.00 bits per heavy atom. The van der Waals surface area contributed by atoms with Crippen LogP contribution < -0.4 is 20.1 Å². The van der Waals surface area contributed by atoms with E-state index in [0.717, 1.165) is 44.9 Å². The molecule has 0 bridgehead atoms. The number of methoxy groups -OCH3 is 2. The molecule has 0 aliphatic heterocycles. The van der Waals surface area contributed by atoms with Gasteiger partial charge in [-0.25, -0.2) is 15.0 Å². The molecule has 69 heavy (non-hydrogen) atoms. The molecular formula is C56H61N6O6P.